The molecule has 2 fully saturated rings. The summed E-state index contributed by atoms with van der Waals surface area (Å²) < 4.78 is 5.66. The fraction of sp³-hybridized carbons (Fsp3) is 0.650. The van der Waals surface area contributed by atoms with Crippen LogP contribution >= 0.6 is 0 Å². The molecule has 0 radical (unpaired) electrons. The molecule has 0 spiro atoms. The molecular formula is C20H30N2O2. The summed E-state index contributed by atoms with van der Waals surface area (Å²) in [6, 6.07) is 10.0. The molecule has 1 atom stereocenters. The van der Waals surface area contributed by atoms with Crippen LogP contribution in [0.5, 0.6) is 5.75 Å². The van der Waals surface area contributed by atoms with Gasteiger partial charge in [0.15, 0.2) is 6.61 Å². The molecule has 0 saturated carbocycles. The van der Waals surface area contributed by atoms with E-state index in [9.17, 15) is 4.79 Å². The lowest BCUT2D eigenvalue weighted by molar-refractivity contribution is -0.137. The molecule has 24 heavy (non-hydrogen) atoms. The minimum atomic E-state index is 0.141. The van der Waals surface area contributed by atoms with E-state index in [-0.39, 0.29) is 12.5 Å². The zero-order valence-electron chi connectivity index (χ0n) is 14.7. The molecule has 0 N–H and O–H groups in total. The Kier molecular flexibility index (Phi) is 6.53. The van der Waals surface area contributed by atoms with Gasteiger partial charge in [-0.3, -0.25) is 4.79 Å². The summed E-state index contributed by atoms with van der Waals surface area (Å²) in [4.78, 5) is 17.3. The van der Waals surface area contributed by atoms with Crippen LogP contribution < -0.4 is 4.74 Å². The predicted octanol–water partition coefficient (Wildman–Crippen LogP) is 3.32. The van der Waals surface area contributed by atoms with Crippen LogP contribution in [0.2, 0.25) is 0 Å². The van der Waals surface area contributed by atoms with E-state index in [1.54, 1.807) is 0 Å². The number of benzene rings is 1. The Morgan fingerprint density at radius 2 is 1.75 bits per heavy atom. The van der Waals surface area contributed by atoms with Crippen molar-refractivity contribution in [3.05, 3.63) is 30.3 Å². The summed E-state index contributed by atoms with van der Waals surface area (Å²) in [5.74, 6) is 0.912. The largest absolute Gasteiger partial charge is 0.484 e. The number of carbonyl (C=O) groups is 1. The zero-order valence-corrected chi connectivity index (χ0v) is 14.7. The minimum Gasteiger partial charge on any atom is -0.484 e. The molecule has 2 aliphatic rings. The van der Waals surface area contributed by atoms with Gasteiger partial charge in [-0.25, -0.2) is 0 Å². The van der Waals surface area contributed by atoms with Gasteiger partial charge in [-0.05, 0) is 63.7 Å². The molecule has 0 unspecified atom stereocenters. The Hall–Kier alpha value is -1.55. The SMILES string of the molecule is O=C(COc1ccccc1)N1CCCC[C@H]1CCN1CCCCC1. The number of para-hydroxylation sites is 1. The topological polar surface area (TPSA) is 32.8 Å². The van der Waals surface area contributed by atoms with Gasteiger partial charge in [-0.1, -0.05) is 24.6 Å². The average molecular weight is 330 g/mol. The summed E-state index contributed by atoms with van der Waals surface area (Å²) in [6.45, 7) is 4.65. The molecule has 3 rings (SSSR count). The first-order valence-corrected chi connectivity index (χ1v) is 9.52. The normalized spacial score (nSPS) is 22.3. The second-order valence-electron chi connectivity index (χ2n) is 7.03. The van der Waals surface area contributed by atoms with Crippen LogP contribution in [0, 0.1) is 0 Å². The summed E-state index contributed by atoms with van der Waals surface area (Å²) >= 11 is 0. The van der Waals surface area contributed by atoms with Crippen molar-refractivity contribution < 1.29 is 9.53 Å². The highest BCUT2D eigenvalue weighted by Crippen LogP contribution is 2.21. The Balaban J connectivity index is 1.48. The van der Waals surface area contributed by atoms with E-state index in [1.807, 2.05) is 30.3 Å². The highest BCUT2D eigenvalue weighted by atomic mass is 16.5. The zero-order chi connectivity index (χ0) is 16.6. The minimum absolute atomic E-state index is 0.141. The maximum absolute atomic E-state index is 12.6. The highest BCUT2D eigenvalue weighted by molar-refractivity contribution is 5.78. The first-order valence-electron chi connectivity index (χ1n) is 9.52. The lowest BCUT2D eigenvalue weighted by Gasteiger charge is -2.37. The molecule has 1 aromatic carbocycles. The van der Waals surface area contributed by atoms with Crippen molar-refractivity contribution in [1.82, 2.24) is 9.80 Å². The van der Waals surface area contributed by atoms with E-state index in [4.69, 9.17) is 4.74 Å². The van der Waals surface area contributed by atoms with E-state index in [0.29, 0.717) is 6.04 Å². The molecule has 2 aliphatic heterocycles. The second kappa shape index (κ2) is 9.07. The van der Waals surface area contributed by atoms with Gasteiger partial charge in [0.2, 0.25) is 0 Å². The van der Waals surface area contributed by atoms with Crippen molar-refractivity contribution >= 4 is 5.91 Å². The Morgan fingerprint density at radius 1 is 1.00 bits per heavy atom. The van der Waals surface area contributed by atoms with Crippen molar-refractivity contribution in [2.75, 3.05) is 32.8 Å². The van der Waals surface area contributed by atoms with E-state index < -0.39 is 0 Å². The molecule has 0 aromatic heterocycles. The lowest BCUT2D eigenvalue weighted by atomic mass is 9.98. The number of hydrogen-bond acceptors (Lipinski definition) is 3. The Labute approximate surface area is 145 Å². The van der Waals surface area contributed by atoms with Crippen molar-refractivity contribution in [2.24, 2.45) is 0 Å². The van der Waals surface area contributed by atoms with Crippen LogP contribution in [-0.2, 0) is 4.79 Å². The summed E-state index contributed by atoms with van der Waals surface area (Å²) in [5.41, 5.74) is 0. The maximum atomic E-state index is 12.6. The highest BCUT2D eigenvalue weighted by Gasteiger charge is 2.27. The maximum Gasteiger partial charge on any atom is 0.260 e. The number of piperidine rings is 2. The average Bonchev–Trinajstić information content (AvgIpc) is 2.66. The van der Waals surface area contributed by atoms with Gasteiger partial charge in [-0.2, -0.15) is 0 Å². The van der Waals surface area contributed by atoms with Crippen LogP contribution in [0.4, 0.5) is 0 Å². The number of nitrogens with zero attached hydrogens (tertiary/aromatic N) is 2. The first-order chi connectivity index (χ1) is 11.8. The van der Waals surface area contributed by atoms with Crippen LogP contribution in [0.1, 0.15) is 44.9 Å². The summed E-state index contributed by atoms with van der Waals surface area (Å²) in [5, 5.41) is 0. The second-order valence-corrected chi connectivity index (χ2v) is 7.03. The fourth-order valence-electron chi connectivity index (χ4n) is 3.89. The van der Waals surface area contributed by atoms with E-state index >= 15 is 0 Å². The van der Waals surface area contributed by atoms with Gasteiger partial charge in [0.05, 0.1) is 0 Å². The Morgan fingerprint density at radius 3 is 2.54 bits per heavy atom. The number of hydrogen-bond donors (Lipinski definition) is 0. The van der Waals surface area contributed by atoms with Crippen LogP contribution in [-0.4, -0.2) is 54.5 Å². The fourth-order valence-corrected chi connectivity index (χ4v) is 3.89. The Bertz CT molecular complexity index is 500. The number of amides is 1. The van der Waals surface area contributed by atoms with Gasteiger partial charge in [-0.15, -0.1) is 0 Å². The quantitative estimate of drug-likeness (QED) is 0.802. The predicted molar refractivity (Wildman–Crippen MR) is 96.2 cm³/mol. The van der Waals surface area contributed by atoms with Gasteiger partial charge in [0.1, 0.15) is 5.75 Å². The smallest absolute Gasteiger partial charge is 0.260 e. The molecule has 2 heterocycles. The number of likely N-dealkylation sites (tertiary alicyclic amines) is 2. The lowest BCUT2D eigenvalue weighted by Crippen LogP contribution is -2.47. The van der Waals surface area contributed by atoms with Crippen molar-refractivity contribution in [3.63, 3.8) is 0 Å². The summed E-state index contributed by atoms with van der Waals surface area (Å²) in [7, 11) is 0. The summed E-state index contributed by atoms with van der Waals surface area (Å²) in [6.07, 6.45) is 8.66. The molecule has 2 saturated heterocycles. The molecule has 4 nitrogen and oxygen atoms in total. The number of ether oxygens (including phenoxy) is 1. The van der Waals surface area contributed by atoms with Gasteiger partial charge in [0, 0.05) is 19.1 Å². The third-order valence-electron chi connectivity index (χ3n) is 5.28. The van der Waals surface area contributed by atoms with E-state index in [0.717, 1.165) is 38.1 Å². The molecule has 132 valence electrons. The van der Waals surface area contributed by atoms with E-state index in [1.165, 1.54) is 38.8 Å². The van der Waals surface area contributed by atoms with Crippen LogP contribution in [0.3, 0.4) is 0 Å². The monoisotopic (exact) mass is 330 g/mol. The van der Waals surface area contributed by atoms with Gasteiger partial charge < -0.3 is 14.5 Å². The molecule has 1 aromatic rings. The molecule has 0 bridgehead atoms. The molecule has 0 aliphatic carbocycles. The van der Waals surface area contributed by atoms with Crippen LogP contribution in [0.25, 0.3) is 0 Å². The molecule has 1 amide bonds. The van der Waals surface area contributed by atoms with Gasteiger partial charge >= 0.3 is 0 Å². The number of carbonyl (C=O) groups excluding carboxylic acids is 1. The van der Waals surface area contributed by atoms with Crippen molar-refractivity contribution in [2.45, 2.75) is 51.0 Å². The third-order valence-corrected chi connectivity index (χ3v) is 5.28. The van der Waals surface area contributed by atoms with E-state index in [2.05, 4.69) is 9.80 Å². The third kappa shape index (κ3) is 4.97. The molecule has 4 heteroatoms. The first kappa shape index (κ1) is 17.3. The standard InChI is InChI=1S/C20H30N2O2/c23-20(17-24-19-10-3-1-4-11-19)22-15-8-5-9-18(22)12-16-21-13-6-2-7-14-21/h1,3-4,10-11,18H,2,5-9,12-17H2/t18-/m0/s1. The molecular weight excluding hydrogens is 300 g/mol. The van der Waals surface area contributed by atoms with Crippen LogP contribution in [0.15, 0.2) is 30.3 Å². The van der Waals surface area contributed by atoms with Gasteiger partial charge in [0.25, 0.3) is 5.91 Å². The van der Waals surface area contributed by atoms with Crippen molar-refractivity contribution in [1.29, 1.82) is 0 Å². The van der Waals surface area contributed by atoms with Crippen molar-refractivity contribution in [3.8, 4) is 5.75 Å². The number of rotatable bonds is 6.